The van der Waals surface area contributed by atoms with Gasteiger partial charge in [0.05, 0.1) is 17.4 Å². The molecule has 31 heavy (non-hydrogen) atoms. The number of rotatable bonds is 3. The summed E-state index contributed by atoms with van der Waals surface area (Å²) in [6, 6.07) is 16.2. The monoisotopic (exact) mass is 424 g/mol. The Morgan fingerprint density at radius 3 is 2.13 bits per heavy atom. The van der Waals surface area contributed by atoms with Crippen LogP contribution in [0.1, 0.15) is 11.6 Å². The predicted molar refractivity (Wildman–Crippen MR) is 105 cm³/mol. The fraction of sp³-hybridized carbons (Fsp3) is 0.130. The maximum absolute atomic E-state index is 14.0. The summed E-state index contributed by atoms with van der Waals surface area (Å²) in [7, 11) is 0. The molecule has 0 aliphatic carbocycles. The summed E-state index contributed by atoms with van der Waals surface area (Å²) in [6.45, 7) is 0. The highest BCUT2D eigenvalue weighted by molar-refractivity contribution is 6.23. The minimum atomic E-state index is -1.16. The molecule has 0 saturated carbocycles. The number of fused-ring (bicyclic) bond motifs is 1. The van der Waals surface area contributed by atoms with Crippen LogP contribution in [0.15, 0.2) is 72.8 Å². The van der Waals surface area contributed by atoms with E-state index in [-0.39, 0.29) is 11.3 Å². The molecule has 0 aromatic heterocycles. The van der Waals surface area contributed by atoms with E-state index in [4.69, 9.17) is 4.84 Å². The van der Waals surface area contributed by atoms with Crippen molar-refractivity contribution in [2.75, 3.05) is 9.96 Å². The molecular formula is C23H15F3N2O3. The lowest BCUT2D eigenvalue weighted by Gasteiger charge is -2.28. The molecule has 5 rings (SSSR count). The first kappa shape index (κ1) is 19.3. The number of anilines is 2. The fourth-order valence-electron chi connectivity index (χ4n) is 4.09. The topological polar surface area (TPSA) is 49.9 Å². The van der Waals surface area contributed by atoms with E-state index in [2.05, 4.69) is 0 Å². The second-order valence-corrected chi connectivity index (χ2v) is 7.32. The van der Waals surface area contributed by atoms with Crippen LogP contribution in [-0.4, -0.2) is 17.9 Å². The van der Waals surface area contributed by atoms with Gasteiger partial charge in [-0.25, -0.2) is 23.1 Å². The minimum Gasteiger partial charge on any atom is -0.273 e. The van der Waals surface area contributed by atoms with E-state index in [0.29, 0.717) is 5.69 Å². The molecule has 2 aliphatic heterocycles. The fourth-order valence-corrected chi connectivity index (χ4v) is 4.09. The van der Waals surface area contributed by atoms with Gasteiger partial charge in [-0.3, -0.25) is 14.4 Å². The third-order valence-electron chi connectivity index (χ3n) is 5.50. The first-order chi connectivity index (χ1) is 15.0. The highest BCUT2D eigenvalue weighted by Crippen LogP contribution is 2.47. The second-order valence-electron chi connectivity index (χ2n) is 7.32. The quantitative estimate of drug-likeness (QED) is 0.593. The van der Waals surface area contributed by atoms with E-state index in [1.54, 1.807) is 30.3 Å². The standard InChI is InChI=1S/C23H15F3N2O3/c24-14-7-9-15(10-8-14)27-22(29)19-20(13-6-11-17(25)18(26)12-13)28(31-21(19)23(27)30)16-4-2-1-3-5-16/h1-12,19-21H/t19-,20-,21-/m0/s1. The zero-order chi connectivity index (χ0) is 21.7. The van der Waals surface area contributed by atoms with E-state index in [1.165, 1.54) is 23.3 Å². The molecule has 8 heteroatoms. The van der Waals surface area contributed by atoms with Gasteiger partial charge < -0.3 is 0 Å². The van der Waals surface area contributed by atoms with Crippen LogP contribution >= 0.6 is 0 Å². The lowest BCUT2D eigenvalue weighted by atomic mass is 9.90. The van der Waals surface area contributed by atoms with Crippen molar-refractivity contribution in [3.63, 3.8) is 0 Å². The largest absolute Gasteiger partial charge is 0.273 e. The van der Waals surface area contributed by atoms with Crippen molar-refractivity contribution < 1.29 is 27.6 Å². The summed E-state index contributed by atoms with van der Waals surface area (Å²) in [4.78, 5) is 33.3. The molecule has 2 aliphatic rings. The van der Waals surface area contributed by atoms with Crippen LogP contribution in [0.5, 0.6) is 0 Å². The molecule has 0 radical (unpaired) electrons. The van der Waals surface area contributed by atoms with Crippen LogP contribution in [0.25, 0.3) is 0 Å². The van der Waals surface area contributed by atoms with Crippen LogP contribution in [0.3, 0.4) is 0 Å². The maximum atomic E-state index is 14.0. The number of hydroxylamine groups is 1. The van der Waals surface area contributed by atoms with E-state index in [1.807, 2.05) is 0 Å². The molecule has 2 amide bonds. The Kier molecular flexibility index (Phi) is 4.51. The molecule has 0 spiro atoms. The summed E-state index contributed by atoms with van der Waals surface area (Å²) in [5.74, 6) is -4.76. The van der Waals surface area contributed by atoms with Crippen molar-refractivity contribution in [1.82, 2.24) is 0 Å². The average molecular weight is 424 g/mol. The Bertz CT molecular complexity index is 1170. The zero-order valence-corrected chi connectivity index (χ0v) is 15.9. The van der Waals surface area contributed by atoms with Crippen molar-refractivity contribution in [1.29, 1.82) is 0 Å². The lowest BCUT2D eigenvalue weighted by Crippen LogP contribution is -2.37. The zero-order valence-electron chi connectivity index (χ0n) is 15.9. The number of carbonyl (C=O) groups excluding carboxylic acids is 2. The minimum absolute atomic E-state index is 0.213. The number of para-hydroxylation sites is 1. The summed E-state index contributed by atoms with van der Waals surface area (Å²) in [5.41, 5.74) is 1.06. The Morgan fingerprint density at radius 2 is 1.45 bits per heavy atom. The van der Waals surface area contributed by atoms with Gasteiger partial charge in [0.1, 0.15) is 11.7 Å². The smallest absolute Gasteiger partial charge is 0.266 e. The normalized spacial score (nSPS) is 22.9. The number of benzene rings is 3. The summed E-state index contributed by atoms with van der Waals surface area (Å²) < 4.78 is 40.9. The number of halogens is 3. The summed E-state index contributed by atoms with van der Waals surface area (Å²) in [6.07, 6.45) is -1.16. The molecule has 0 unspecified atom stereocenters. The van der Waals surface area contributed by atoms with Gasteiger partial charge in [0.25, 0.3) is 5.91 Å². The van der Waals surface area contributed by atoms with Gasteiger partial charge in [-0.2, -0.15) is 0 Å². The highest BCUT2D eigenvalue weighted by atomic mass is 19.2. The Morgan fingerprint density at radius 1 is 0.742 bits per heavy atom. The number of hydrogen-bond donors (Lipinski definition) is 0. The van der Waals surface area contributed by atoms with Crippen LogP contribution in [0.4, 0.5) is 24.5 Å². The molecule has 0 bridgehead atoms. The number of carbonyl (C=O) groups is 2. The van der Waals surface area contributed by atoms with Gasteiger partial charge in [0.2, 0.25) is 5.91 Å². The van der Waals surface area contributed by atoms with E-state index < -0.39 is 47.3 Å². The molecule has 2 saturated heterocycles. The number of nitrogens with zero attached hydrogens (tertiary/aromatic N) is 2. The first-order valence-corrected chi connectivity index (χ1v) is 9.55. The SMILES string of the molecule is O=C1[C@@H]2[C@H](ON(c3ccccc3)[C@H]2c2ccc(F)c(F)c2)C(=O)N1c1ccc(F)cc1. The van der Waals surface area contributed by atoms with Gasteiger partial charge >= 0.3 is 0 Å². The third kappa shape index (κ3) is 3.07. The van der Waals surface area contributed by atoms with Gasteiger partial charge in [-0.15, -0.1) is 0 Å². The molecular weight excluding hydrogens is 409 g/mol. The predicted octanol–water partition coefficient (Wildman–Crippen LogP) is 4.16. The second kappa shape index (κ2) is 7.24. The van der Waals surface area contributed by atoms with Crippen LogP contribution in [0.2, 0.25) is 0 Å². The Labute approximate surface area is 175 Å². The number of amides is 2. The van der Waals surface area contributed by atoms with Crippen LogP contribution in [0, 0.1) is 23.4 Å². The van der Waals surface area contributed by atoms with Crippen LogP contribution < -0.4 is 9.96 Å². The molecule has 156 valence electrons. The van der Waals surface area contributed by atoms with Gasteiger partial charge in [0.15, 0.2) is 17.7 Å². The Balaban J connectivity index is 1.60. The number of hydrogen-bond acceptors (Lipinski definition) is 4. The molecule has 0 N–H and O–H groups in total. The Hall–Kier alpha value is -3.65. The summed E-state index contributed by atoms with van der Waals surface area (Å²) >= 11 is 0. The van der Waals surface area contributed by atoms with Gasteiger partial charge in [0, 0.05) is 0 Å². The highest BCUT2D eigenvalue weighted by Gasteiger charge is 2.60. The van der Waals surface area contributed by atoms with Crippen molar-refractivity contribution in [3.8, 4) is 0 Å². The van der Waals surface area contributed by atoms with E-state index in [9.17, 15) is 22.8 Å². The molecule has 5 nitrogen and oxygen atoms in total. The van der Waals surface area contributed by atoms with Crippen molar-refractivity contribution >= 4 is 23.2 Å². The van der Waals surface area contributed by atoms with Crippen LogP contribution in [-0.2, 0) is 14.4 Å². The molecule has 2 fully saturated rings. The summed E-state index contributed by atoms with van der Waals surface area (Å²) in [5, 5.41) is 1.39. The van der Waals surface area contributed by atoms with E-state index >= 15 is 0 Å². The number of imide groups is 1. The van der Waals surface area contributed by atoms with Crippen molar-refractivity contribution in [2.45, 2.75) is 12.1 Å². The maximum Gasteiger partial charge on any atom is 0.266 e. The first-order valence-electron chi connectivity index (χ1n) is 9.55. The third-order valence-corrected chi connectivity index (χ3v) is 5.50. The van der Waals surface area contributed by atoms with E-state index in [0.717, 1.165) is 29.2 Å². The van der Waals surface area contributed by atoms with Crippen molar-refractivity contribution in [2.24, 2.45) is 5.92 Å². The van der Waals surface area contributed by atoms with Gasteiger partial charge in [-0.1, -0.05) is 24.3 Å². The average Bonchev–Trinajstić information content (AvgIpc) is 3.28. The molecule has 3 atom stereocenters. The lowest BCUT2D eigenvalue weighted by molar-refractivity contribution is -0.126. The molecule has 3 aromatic rings. The van der Waals surface area contributed by atoms with Gasteiger partial charge in [-0.05, 0) is 54.1 Å². The molecule has 2 heterocycles. The molecule has 3 aromatic carbocycles. The van der Waals surface area contributed by atoms with Crippen molar-refractivity contribution in [3.05, 3.63) is 95.8 Å².